The number of halogens is 1. The molecule has 1 amide bonds. The van der Waals surface area contributed by atoms with E-state index < -0.39 is 0 Å². The van der Waals surface area contributed by atoms with Gasteiger partial charge in [0, 0.05) is 11.8 Å². The van der Waals surface area contributed by atoms with Crippen LogP contribution in [0.2, 0.25) is 0 Å². The standard InChI is InChI=1S/C12H10BrNO2/c1-8-4-2-3-5-10(8)14-12(15)9-6-11(13)16-7-9/h2-7H,1H3,(H,14,15). The molecular formula is C12H10BrNO2. The first-order valence-electron chi connectivity index (χ1n) is 4.78. The molecule has 0 spiro atoms. The molecule has 0 unspecified atom stereocenters. The molecule has 0 saturated carbocycles. The third-order valence-electron chi connectivity index (χ3n) is 2.22. The number of furan rings is 1. The summed E-state index contributed by atoms with van der Waals surface area (Å²) in [6, 6.07) is 9.25. The van der Waals surface area contributed by atoms with Crippen LogP contribution in [0.5, 0.6) is 0 Å². The molecule has 0 saturated heterocycles. The minimum atomic E-state index is -0.177. The molecule has 1 aromatic heterocycles. The lowest BCUT2D eigenvalue weighted by atomic mass is 10.2. The summed E-state index contributed by atoms with van der Waals surface area (Å²) in [6.45, 7) is 1.95. The minimum Gasteiger partial charge on any atom is -0.457 e. The maximum absolute atomic E-state index is 11.8. The van der Waals surface area contributed by atoms with Crippen LogP contribution in [0.3, 0.4) is 0 Å². The molecule has 0 aliphatic rings. The fourth-order valence-electron chi connectivity index (χ4n) is 1.34. The maximum atomic E-state index is 11.8. The van der Waals surface area contributed by atoms with Crippen molar-refractivity contribution in [2.24, 2.45) is 0 Å². The van der Waals surface area contributed by atoms with Crippen LogP contribution in [0.15, 0.2) is 45.7 Å². The predicted octanol–water partition coefficient (Wildman–Crippen LogP) is 3.60. The Morgan fingerprint density at radius 2 is 2.12 bits per heavy atom. The number of hydrogen-bond donors (Lipinski definition) is 1. The smallest absolute Gasteiger partial charge is 0.258 e. The Bertz CT molecular complexity index is 519. The maximum Gasteiger partial charge on any atom is 0.258 e. The van der Waals surface area contributed by atoms with E-state index in [2.05, 4.69) is 21.2 Å². The third-order valence-corrected chi connectivity index (χ3v) is 2.64. The van der Waals surface area contributed by atoms with E-state index in [4.69, 9.17) is 4.42 Å². The molecule has 1 N–H and O–H groups in total. The molecule has 4 heteroatoms. The zero-order chi connectivity index (χ0) is 11.5. The van der Waals surface area contributed by atoms with E-state index >= 15 is 0 Å². The van der Waals surface area contributed by atoms with Gasteiger partial charge in [-0.25, -0.2) is 0 Å². The van der Waals surface area contributed by atoms with Crippen LogP contribution in [0.1, 0.15) is 15.9 Å². The average Bonchev–Trinajstić information content (AvgIpc) is 2.68. The lowest BCUT2D eigenvalue weighted by Crippen LogP contribution is -2.11. The number of carbonyl (C=O) groups excluding carboxylic acids is 1. The SMILES string of the molecule is Cc1ccccc1NC(=O)c1coc(Br)c1. The molecule has 0 atom stereocenters. The first-order chi connectivity index (χ1) is 7.66. The van der Waals surface area contributed by atoms with Crippen molar-refractivity contribution in [1.82, 2.24) is 0 Å². The van der Waals surface area contributed by atoms with Crippen molar-refractivity contribution in [3.63, 3.8) is 0 Å². The number of anilines is 1. The van der Waals surface area contributed by atoms with E-state index in [-0.39, 0.29) is 5.91 Å². The van der Waals surface area contributed by atoms with Crippen molar-refractivity contribution in [2.45, 2.75) is 6.92 Å². The van der Waals surface area contributed by atoms with Gasteiger partial charge < -0.3 is 9.73 Å². The quantitative estimate of drug-likeness (QED) is 0.913. The Morgan fingerprint density at radius 3 is 2.75 bits per heavy atom. The fraction of sp³-hybridized carbons (Fsp3) is 0.0833. The Hall–Kier alpha value is -1.55. The molecule has 3 nitrogen and oxygen atoms in total. The Kier molecular flexibility index (Phi) is 3.10. The zero-order valence-electron chi connectivity index (χ0n) is 8.66. The second kappa shape index (κ2) is 4.53. The normalized spacial score (nSPS) is 10.1. The van der Waals surface area contributed by atoms with Crippen molar-refractivity contribution in [1.29, 1.82) is 0 Å². The summed E-state index contributed by atoms with van der Waals surface area (Å²) >= 11 is 3.15. The molecule has 2 aromatic rings. The number of aryl methyl sites for hydroxylation is 1. The van der Waals surface area contributed by atoms with Crippen LogP contribution in [0.25, 0.3) is 0 Å². The highest BCUT2D eigenvalue weighted by Crippen LogP contribution is 2.17. The van der Waals surface area contributed by atoms with Gasteiger partial charge in [0.2, 0.25) is 0 Å². The number of carbonyl (C=O) groups is 1. The second-order valence-electron chi connectivity index (χ2n) is 3.41. The van der Waals surface area contributed by atoms with Crippen LogP contribution < -0.4 is 5.32 Å². The highest BCUT2D eigenvalue weighted by atomic mass is 79.9. The zero-order valence-corrected chi connectivity index (χ0v) is 10.2. The second-order valence-corrected chi connectivity index (χ2v) is 4.19. The number of amides is 1. The lowest BCUT2D eigenvalue weighted by molar-refractivity contribution is 0.102. The number of rotatable bonds is 2. The Labute approximate surface area is 102 Å². The van der Waals surface area contributed by atoms with E-state index in [1.807, 2.05) is 31.2 Å². The predicted molar refractivity (Wildman–Crippen MR) is 65.5 cm³/mol. The van der Waals surface area contributed by atoms with Crippen LogP contribution in [-0.4, -0.2) is 5.91 Å². The topological polar surface area (TPSA) is 42.2 Å². The van der Waals surface area contributed by atoms with E-state index in [1.165, 1.54) is 6.26 Å². The summed E-state index contributed by atoms with van der Waals surface area (Å²) in [4.78, 5) is 11.8. The van der Waals surface area contributed by atoms with Gasteiger partial charge in [-0.2, -0.15) is 0 Å². The molecule has 1 aromatic carbocycles. The Balaban J connectivity index is 2.17. The summed E-state index contributed by atoms with van der Waals surface area (Å²) in [5.41, 5.74) is 2.33. The average molecular weight is 280 g/mol. The van der Waals surface area contributed by atoms with Gasteiger partial charge in [0.05, 0.1) is 5.56 Å². The third kappa shape index (κ3) is 2.33. The van der Waals surface area contributed by atoms with Crippen LogP contribution in [-0.2, 0) is 0 Å². The number of benzene rings is 1. The van der Waals surface area contributed by atoms with Gasteiger partial charge in [-0.3, -0.25) is 4.79 Å². The summed E-state index contributed by atoms with van der Waals surface area (Å²) in [7, 11) is 0. The highest BCUT2D eigenvalue weighted by Gasteiger charge is 2.09. The molecule has 82 valence electrons. The molecule has 2 rings (SSSR count). The van der Waals surface area contributed by atoms with E-state index in [9.17, 15) is 4.79 Å². The Morgan fingerprint density at radius 1 is 1.38 bits per heavy atom. The lowest BCUT2D eigenvalue weighted by Gasteiger charge is -2.06. The van der Waals surface area contributed by atoms with Crippen LogP contribution >= 0.6 is 15.9 Å². The monoisotopic (exact) mass is 279 g/mol. The van der Waals surface area contributed by atoms with E-state index in [1.54, 1.807) is 6.07 Å². The summed E-state index contributed by atoms with van der Waals surface area (Å²) < 4.78 is 5.55. The van der Waals surface area contributed by atoms with Crippen molar-refractivity contribution in [3.05, 3.63) is 52.4 Å². The molecular weight excluding hydrogens is 270 g/mol. The fourth-order valence-corrected chi connectivity index (χ4v) is 1.68. The van der Waals surface area contributed by atoms with Gasteiger partial charge in [-0.15, -0.1) is 0 Å². The molecule has 0 aliphatic carbocycles. The molecule has 16 heavy (non-hydrogen) atoms. The van der Waals surface area contributed by atoms with Gasteiger partial charge in [-0.05, 0) is 34.5 Å². The van der Waals surface area contributed by atoms with Crippen LogP contribution in [0.4, 0.5) is 5.69 Å². The summed E-state index contributed by atoms with van der Waals surface area (Å²) in [5, 5.41) is 2.82. The van der Waals surface area contributed by atoms with E-state index in [0.29, 0.717) is 10.2 Å². The molecule has 0 aliphatic heterocycles. The van der Waals surface area contributed by atoms with Crippen molar-refractivity contribution < 1.29 is 9.21 Å². The summed E-state index contributed by atoms with van der Waals surface area (Å²) in [5.74, 6) is -0.177. The van der Waals surface area contributed by atoms with E-state index in [0.717, 1.165) is 11.3 Å². The number of nitrogens with one attached hydrogen (secondary N) is 1. The van der Waals surface area contributed by atoms with Gasteiger partial charge in [-0.1, -0.05) is 18.2 Å². The minimum absolute atomic E-state index is 0.177. The van der Waals surface area contributed by atoms with Crippen LogP contribution in [0, 0.1) is 6.92 Å². The molecule has 0 fully saturated rings. The van der Waals surface area contributed by atoms with Gasteiger partial charge >= 0.3 is 0 Å². The summed E-state index contributed by atoms with van der Waals surface area (Å²) in [6.07, 6.45) is 1.41. The first-order valence-corrected chi connectivity index (χ1v) is 5.57. The molecule has 0 bridgehead atoms. The van der Waals surface area contributed by atoms with Gasteiger partial charge in [0.25, 0.3) is 5.91 Å². The molecule has 0 radical (unpaired) electrons. The molecule has 1 heterocycles. The largest absolute Gasteiger partial charge is 0.457 e. The number of hydrogen-bond acceptors (Lipinski definition) is 2. The highest BCUT2D eigenvalue weighted by molar-refractivity contribution is 9.10. The van der Waals surface area contributed by atoms with Crippen molar-refractivity contribution in [3.8, 4) is 0 Å². The van der Waals surface area contributed by atoms with Gasteiger partial charge in [0.1, 0.15) is 6.26 Å². The van der Waals surface area contributed by atoms with Crippen molar-refractivity contribution >= 4 is 27.5 Å². The first kappa shape index (κ1) is 11.0. The van der Waals surface area contributed by atoms with Crippen molar-refractivity contribution in [2.75, 3.05) is 5.32 Å². The van der Waals surface area contributed by atoms with Gasteiger partial charge in [0.15, 0.2) is 4.67 Å². The number of para-hydroxylation sites is 1.